The number of nitrogens with zero attached hydrogens (tertiary/aromatic N) is 1. The number of benzene rings is 16. The molecule has 0 saturated carbocycles. The van der Waals surface area contributed by atoms with Crippen LogP contribution < -0.4 is 10.4 Å². The van der Waals surface area contributed by atoms with Gasteiger partial charge in [-0.15, -0.1) is 11.3 Å². The van der Waals surface area contributed by atoms with Crippen molar-refractivity contribution >= 4 is 116 Å². The van der Waals surface area contributed by atoms with E-state index in [-0.39, 0.29) is 0 Å². The van der Waals surface area contributed by atoms with Gasteiger partial charge in [0.1, 0.15) is 0 Å². The number of hydrogen-bond donors (Lipinski definition) is 0. The lowest BCUT2D eigenvalue weighted by molar-refractivity contribution is 1.18. The van der Waals surface area contributed by atoms with Gasteiger partial charge >= 0.3 is 0 Å². The van der Waals surface area contributed by atoms with Gasteiger partial charge in [0, 0.05) is 36.6 Å². The molecule has 3 heterocycles. The maximum absolute atomic E-state index is 2.52. The van der Waals surface area contributed by atoms with Gasteiger partial charge < -0.3 is 4.57 Å². The van der Waals surface area contributed by atoms with Crippen LogP contribution in [-0.2, 0) is 0 Å². The topological polar surface area (TPSA) is 4.93 Å². The van der Waals surface area contributed by atoms with E-state index in [4.69, 9.17) is 0 Å². The van der Waals surface area contributed by atoms with Gasteiger partial charge in [0.05, 0.1) is 20.6 Å². The molecule has 0 radical (unpaired) electrons. The Morgan fingerprint density at radius 2 is 0.560 bits per heavy atom. The lowest BCUT2D eigenvalue weighted by Gasteiger charge is -2.12. The highest BCUT2D eigenvalue weighted by molar-refractivity contribution is 7.25. The lowest BCUT2D eigenvalue weighted by Crippen LogP contribution is -2.21. The van der Waals surface area contributed by atoms with E-state index in [0.29, 0.717) is 0 Å². The van der Waals surface area contributed by atoms with Gasteiger partial charge in [-0.1, -0.05) is 265 Å². The first-order valence-corrected chi connectivity index (χ1v) is 33.8. The van der Waals surface area contributed by atoms with Crippen LogP contribution in [0.1, 0.15) is 0 Å². The van der Waals surface area contributed by atoms with Crippen LogP contribution in [-0.4, -0.2) is 14.1 Å². The van der Waals surface area contributed by atoms with Crippen LogP contribution in [0.5, 0.6) is 0 Å². The second kappa shape index (κ2) is 20.7. The van der Waals surface area contributed by atoms with Crippen molar-refractivity contribution in [2.24, 2.45) is 0 Å². The summed E-state index contributed by atoms with van der Waals surface area (Å²) >= 11 is 1.88. The normalized spacial score (nSPS) is 12.4. The third kappa shape index (κ3) is 8.58. The molecule has 0 unspecified atom stereocenters. The van der Waals surface area contributed by atoms with E-state index in [0.717, 1.165) is 0 Å². The van der Waals surface area contributed by atoms with Crippen molar-refractivity contribution in [1.29, 1.82) is 0 Å². The summed E-state index contributed by atoms with van der Waals surface area (Å²) in [5.74, 6) is 0. The Hall–Kier alpha value is -11.2. The lowest BCUT2D eigenvalue weighted by atomic mass is 9.92. The van der Waals surface area contributed by atoms with Crippen molar-refractivity contribution in [3.05, 3.63) is 322 Å². The molecule has 1 aliphatic rings. The molecular formula is C88H55NSSi. The molecule has 1 nitrogen and oxygen atoms in total. The molecule has 1 aliphatic heterocycles. The minimum Gasteiger partial charge on any atom is -0.309 e. The number of aromatic nitrogens is 1. The largest absolute Gasteiger partial charge is 0.309 e. The first-order valence-electron chi connectivity index (χ1n) is 31.6. The number of hydrogen-bond acceptors (Lipinski definition) is 1. The summed E-state index contributed by atoms with van der Waals surface area (Å²) in [6.45, 7) is 0. The Kier molecular flexibility index (Phi) is 11.8. The summed E-state index contributed by atoms with van der Waals surface area (Å²) < 4.78 is 5.21. The smallest absolute Gasteiger partial charge is 0.0892 e. The molecule has 0 bridgehead atoms. The summed E-state index contributed by atoms with van der Waals surface area (Å²) in [5, 5.41) is 18.4. The molecule has 18 aromatic rings. The minimum atomic E-state index is -0.763. The first-order chi connectivity index (χ1) is 45.0. The van der Waals surface area contributed by atoms with Gasteiger partial charge in [0.15, 0.2) is 0 Å². The van der Waals surface area contributed by atoms with Crippen LogP contribution in [0.15, 0.2) is 322 Å². The molecule has 0 amide bonds. The third-order valence-corrected chi connectivity index (χ3v) is 22.7. The van der Waals surface area contributed by atoms with E-state index < -0.39 is 9.52 Å². The Bertz CT molecular complexity index is 5750. The van der Waals surface area contributed by atoms with Crippen LogP contribution in [0.2, 0.25) is 0 Å². The predicted octanol–water partition coefficient (Wildman–Crippen LogP) is 22.5. The predicted molar refractivity (Wildman–Crippen MR) is 395 cm³/mol. The molecule has 19 rings (SSSR count). The van der Waals surface area contributed by atoms with Gasteiger partial charge in [0.2, 0.25) is 0 Å². The standard InChI is InChI=1S/C88H55NSSi/c1-3-13-69-66(11-1)50-78(73-17-7-5-15-71(69)73)60-33-29-56(30-34-60)54-21-25-58(26-22-54)62-38-44-83-80(47-62)81-48-63(59-27-23-55(24-28-59)57-31-35-61(36-32-57)79-51-67-12-2-4-14-70(67)72-16-6-8-18-74(72)79)39-45-84(81)89(83)68-41-43-77-76-42-37-65(52-87(76)91-88(77)53-68)64-40-46-86-82(49-64)75-19-9-10-20-85(75)90-86/h1-53H,91H2. The van der Waals surface area contributed by atoms with Crippen molar-refractivity contribution in [3.8, 4) is 94.7 Å². The van der Waals surface area contributed by atoms with E-state index in [1.54, 1.807) is 0 Å². The quantitative estimate of drug-likeness (QED) is 0.106. The van der Waals surface area contributed by atoms with Gasteiger partial charge in [-0.2, -0.15) is 0 Å². The maximum atomic E-state index is 2.52. The van der Waals surface area contributed by atoms with Crippen LogP contribution in [0, 0.1) is 0 Å². The molecule has 0 saturated heterocycles. The summed E-state index contributed by atoms with van der Waals surface area (Å²) in [6, 6.07) is 121. The summed E-state index contributed by atoms with van der Waals surface area (Å²) in [6.07, 6.45) is 0. The molecule has 91 heavy (non-hydrogen) atoms. The molecular weight excluding hydrogens is 1130 g/mol. The monoisotopic (exact) mass is 1190 g/mol. The highest BCUT2D eigenvalue weighted by atomic mass is 32.1. The molecule has 3 heteroatoms. The zero-order valence-electron chi connectivity index (χ0n) is 49.7. The fraction of sp³-hybridized carbons (Fsp3) is 0. The number of fused-ring (bicyclic) bond motifs is 15. The number of thiophene rings is 1. The minimum absolute atomic E-state index is 0.763. The second-order valence-electron chi connectivity index (χ2n) is 24.7. The van der Waals surface area contributed by atoms with Crippen LogP contribution in [0.3, 0.4) is 0 Å². The molecule has 16 aromatic carbocycles. The summed E-state index contributed by atoms with van der Waals surface area (Å²) in [4.78, 5) is 0. The van der Waals surface area contributed by atoms with Crippen molar-refractivity contribution in [3.63, 3.8) is 0 Å². The SMILES string of the molecule is c1ccc2c(c1)cc(-c1ccc(-c3ccc(-c4ccc5c(c4)c4cc(-c6ccc(-c7ccc(-c8cc9ccccc9c9ccccc89)cc7)cc6)ccc4n5-c4ccc5c(c4)[SiH2]c4cc(-c6ccc7sc8ccccc8c7c6)ccc4-5)cc3)cc1)c1ccccc12. The Labute approximate surface area is 533 Å². The van der Waals surface area contributed by atoms with Gasteiger partial charge in [-0.05, 0) is 199 Å². The highest BCUT2D eigenvalue weighted by Crippen LogP contribution is 2.43. The van der Waals surface area contributed by atoms with Crippen molar-refractivity contribution in [2.75, 3.05) is 0 Å². The fourth-order valence-corrected chi connectivity index (χ4v) is 18.2. The summed E-state index contributed by atoms with van der Waals surface area (Å²) in [7, 11) is -0.763. The Morgan fingerprint density at radius 3 is 1.09 bits per heavy atom. The second-order valence-corrected chi connectivity index (χ2v) is 27.7. The molecule has 422 valence electrons. The average Bonchev–Trinajstić information content (AvgIpc) is 1.68. The molecule has 2 aromatic heterocycles. The van der Waals surface area contributed by atoms with Crippen LogP contribution in [0.4, 0.5) is 0 Å². The third-order valence-electron chi connectivity index (χ3n) is 19.6. The van der Waals surface area contributed by atoms with E-state index in [2.05, 4.69) is 326 Å². The van der Waals surface area contributed by atoms with Crippen molar-refractivity contribution in [2.45, 2.75) is 0 Å². The fourth-order valence-electron chi connectivity index (χ4n) is 15.1. The average molecular weight is 1190 g/mol. The van der Waals surface area contributed by atoms with Gasteiger partial charge in [0.25, 0.3) is 0 Å². The van der Waals surface area contributed by atoms with Crippen LogP contribution in [0.25, 0.3) is 180 Å². The Balaban J connectivity index is 0.663. The molecule has 0 N–H and O–H groups in total. The highest BCUT2D eigenvalue weighted by Gasteiger charge is 2.23. The van der Waals surface area contributed by atoms with Crippen molar-refractivity contribution < 1.29 is 0 Å². The zero-order chi connectivity index (χ0) is 59.7. The van der Waals surface area contributed by atoms with Crippen molar-refractivity contribution in [1.82, 2.24) is 4.57 Å². The van der Waals surface area contributed by atoms with E-state index in [1.807, 2.05) is 11.3 Å². The zero-order valence-corrected chi connectivity index (χ0v) is 51.9. The summed E-state index contributed by atoms with van der Waals surface area (Å²) in [5.41, 5.74) is 23.6. The van der Waals surface area contributed by atoms with Crippen LogP contribution >= 0.6 is 11.3 Å². The molecule has 0 atom stereocenters. The Morgan fingerprint density at radius 1 is 0.209 bits per heavy atom. The van der Waals surface area contributed by atoms with E-state index >= 15 is 0 Å². The molecule has 0 fully saturated rings. The molecule has 0 spiro atoms. The van der Waals surface area contributed by atoms with E-state index in [9.17, 15) is 0 Å². The number of rotatable bonds is 8. The van der Waals surface area contributed by atoms with Gasteiger partial charge in [-0.3, -0.25) is 0 Å². The van der Waals surface area contributed by atoms with E-state index in [1.165, 1.54) is 190 Å². The molecule has 0 aliphatic carbocycles. The first kappa shape index (κ1) is 51.8. The maximum Gasteiger partial charge on any atom is 0.0892 e. The van der Waals surface area contributed by atoms with Gasteiger partial charge in [-0.25, -0.2) is 0 Å².